The minimum atomic E-state index is -0.0329. The summed E-state index contributed by atoms with van der Waals surface area (Å²) in [5, 5.41) is 4.08. The molecule has 2 rings (SSSR count). The van der Waals surface area contributed by atoms with Crippen molar-refractivity contribution in [2.45, 2.75) is 51.7 Å². The van der Waals surface area contributed by atoms with E-state index in [4.69, 9.17) is 9.97 Å². The van der Waals surface area contributed by atoms with E-state index in [9.17, 15) is 0 Å². The highest BCUT2D eigenvalue weighted by atomic mass is 32.2. The third-order valence-corrected chi connectivity index (χ3v) is 4.64. The molecule has 0 radical (unpaired) electrons. The molecule has 1 unspecified atom stereocenters. The lowest BCUT2D eigenvalue weighted by molar-refractivity contribution is 0.544. The van der Waals surface area contributed by atoms with Crippen molar-refractivity contribution in [3.8, 4) is 0 Å². The summed E-state index contributed by atoms with van der Waals surface area (Å²) in [4.78, 5) is 11.9. The number of anilines is 2. The van der Waals surface area contributed by atoms with Gasteiger partial charge in [-0.15, -0.1) is 0 Å². The molecule has 118 valence electrons. The van der Waals surface area contributed by atoms with Gasteiger partial charge in [-0.2, -0.15) is 11.8 Å². The molecule has 0 saturated carbocycles. The van der Waals surface area contributed by atoms with Crippen LogP contribution >= 0.6 is 11.8 Å². The van der Waals surface area contributed by atoms with Gasteiger partial charge in [0.05, 0.1) is 0 Å². The van der Waals surface area contributed by atoms with Gasteiger partial charge in [-0.1, -0.05) is 34.6 Å². The first-order chi connectivity index (χ1) is 9.90. The molecule has 5 heteroatoms. The summed E-state index contributed by atoms with van der Waals surface area (Å²) in [5.74, 6) is 4.12. The smallest absolute Gasteiger partial charge is 0.138 e. The highest BCUT2D eigenvalue weighted by Crippen LogP contribution is 2.27. The molecular formula is C16H28N4S. The summed E-state index contributed by atoms with van der Waals surface area (Å²) in [6.07, 6.45) is 1.10. The number of nitrogens with zero attached hydrogens (tertiary/aromatic N) is 3. The van der Waals surface area contributed by atoms with Crippen LogP contribution in [0.3, 0.4) is 0 Å². The lowest BCUT2D eigenvalue weighted by Crippen LogP contribution is -2.37. The molecule has 0 aromatic carbocycles. The summed E-state index contributed by atoms with van der Waals surface area (Å²) in [6, 6.07) is 2.10. The first kappa shape index (κ1) is 16.4. The van der Waals surface area contributed by atoms with Crippen LogP contribution in [-0.2, 0) is 5.41 Å². The molecule has 1 atom stereocenters. The predicted octanol–water partition coefficient (Wildman–Crippen LogP) is 3.54. The van der Waals surface area contributed by atoms with Crippen molar-refractivity contribution in [2.24, 2.45) is 0 Å². The Hall–Kier alpha value is -0.970. The summed E-state index contributed by atoms with van der Waals surface area (Å²) < 4.78 is 0. The van der Waals surface area contributed by atoms with Crippen molar-refractivity contribution in [2.75, 3.05) is 35.6 Å². The van der Waals surface area contributed by atoms with Gasteiger partial charge in [0.2, 0.25) is 0 Å². The Morgan fingerprint density at radius 1 is 1.38 bits per heavy atom. The molecule has 0 bridgehead atoms. The quantitative estimate of drug-likeness (QED) is 0.921. The van der Waals surface area contributed by atoms with Crippen LogP contribution in [0, 0.1) is 0 Å². The van der Waals surface area contributed by atoms with Crippen LogP contribution in [0.25, 0.3) is 0 Å². The summed E-state index contributed by atoms with van der Waals surface area (Å²) in [6.45, 7) is 14.1. The zero-order valence-corrected chi connectivity index (χ0v) is 14.8. The molecule has 0 spiro atoms. The Balaban J connectivity index is 2.30. The molecule has 1 aromatic rings. The SMILES string of the molecule is CCCNc1cc(N2CCSC(C)C2)nc(C(C)(C)C)n1. The average Bonchev–Trinajstić information content (AvgIpc) is 2.44. The van der Waals surface area contributed by atoms with Gasteiger partial charge in [-0.25, -0.2) is 9.97 Å². The summed E-state index contributed by atoms with van der Waals surface area (Å²) in [7, 11) is 0. The normalized spacial score (nSPS) is 19.7. The zero-order valence-electron chi connectivity index (χ0n) is 13.9. The molecule has 1 aliphatic rings. The van der Waals surface area contributed by atoms with Gasteiger partial charge < -0.3 is 10.2 Å². The van der Waals surface area contributed by atoms with E-state index in [-0.39, 0.29) is 5.41 Å². The first-order valence-electron chi connectivity index (χ1n) is 7.90. The maximum absolute atomic E-state index is 4.84. The molecule has 0 aliphatic carbocycles. The minimum absolute atomic E-state index is 0.0329. The van der Waals surface area contributed by atoms with Crippen LogP contribution in [-0.4, -0.2) is 40.6 Å². The van der Waals surface area contributed by atoms with Crippen molar-refractivity contribution >= 4 is 23.4 Å². The molecule has 1 aliphatic heterocycles. The third-order valence-electron chi connectivity index (χ3n) is 3.50. The molecule has 1 fully saturated rings. The van der Waals surface area contributed by atoms with Crippen LogP contribution in [0.2, 0.25) is 0 Å². The van der Waals surface area contributed by atoms with Crippen LogP contribution in [0.1, 0.15) is 46.9 Å². The van der Waals surface area contributed by atoms with Crippen molar-refractivity contribution in [3.05, 3.63) is 11.9 Å². The van der Waals surface area contributed by atoms with E-state index in [0.29, 0.717) is 5.25 Å². The Kier molecular flexibility index (Phi) is 5.36. The molecule has 21 heavy (non-hydrogen) atoms. The van der Waals surface area contributed by atoms with Crippen LogP contribution in [0.15, 0.2) is 6.07 Å². The van der Waals surface area contributed by atoms with Crippen LogP contribution in [0.4, 0.5) is 11.6 Å². The van der Waals surface area contributed by atoms with Gasteiger partial charge in [0.25, 0.3) is 0 Å². The molecule has 1 aromatic heterocycles. The molecule has 1 N–H and O–H groups in total. The minimum Gasteiger partial charge on any atom is -0.370 e. The Labute approximate surface area is 133 Å². The second-order valence-electron chi connectivity index (χ2n) is 6.74. The largest absolute Gasteiger partial charge is 0.370 e. The van der Waals surface area contributed by atoms with E-state index in [1.807, 2.05) is 11.8 Å². The zero-order chi connectivity index (χ0) is 15.5. The number of hydrogen-bond donors (Lipinski definition) is 1. The van der Waals surface area contributed by atoms with Gasteiger partial charge in [-0.05, 0) is 6.42 Å². The molecular weight excluding hydrogens is 280 g/mol. The van der Waals surface area contributed by atoms with E-state index >= 15 is 0 Å². The second kappa shape index (κ2) is 6.86. The third kappa shape index (κ3) is 4.50. The predicted molar refractivity (Wildman–Crippen MR) is 93.6 cm³/mol. The highest BCUT2D eigenvalue weighted by molar-refractivity contribution is 8.00. The van der Waals surface area contributed by atoms with Crippen molar-refractivity contribution in [1.82, 2.24) is 9.97 Å². The van der Waals surface area contributed by atoms with Crippen molar-refractivity contribution in [1.29, 1.82) is 0 Å². The van der Waals surface area contributed by atoms with E-state index in [1.54, 1.807) is 0 Å². The summed E-state index contributed by atoms with van der Waals surface area (Å²) in [5.41, 5.74) is -0.0329. The van der Waals surface area contributed by atoms with Gasteiger partial charge in [-0.3, -0.25) is 0 Å². The maximum atomic E-state index is 4.84. The van der Waals surface area contributed by atoms with Crippen LogP contribution in [0.5, 0.6) is 0 Å². The fraction of sp³-hybridized carbons (Fsp3) is 0.750. The number of rotatable bonds is 4. The Bertz CT molecular complexity index is 470. The summed E-state index contributed by atoms with van der Waals surface area (Å²) >= 11 is 2.04. The molecule has 4 nitrogen and oxygen atoms in total. The average molecular weight is 308 g/mol. The number of thioether (sulfide) groups is 1. The van der Waals surface area contributed by atoms with Crippen LogP contribution < -0.4 is 10.2 Å². The van der Waals surface area contributed by atoms with Gasteiger partial charge in [0.1, 0.15) is 17.5 Å². The van der Waals surface area contributed by atoms with Gasteiger partial charge >= 0.3 is 0 Å². The lowest BCUT2D eigenvalue weighted by atomic mass is 9.96. The lowest BCUT2D eigenvalue weighted by Gasteiger charge is -2.32. The highest BCUT2D eigenvalue weighted by Gasteiger charge is 2.23. The fourth-order valence-corrected chi connectivity index (χ4v) is 3.32. The number of aromatic nitrogens is 2. The molecule has 2 heterocycles. The number of hydrogen-bond acceptors (Lipinski definition) is 5. The maximum Gasteiger partial charge on any atom is 0.138 e. The van der Waals surface area contributed by atoms with Crippen molar-refractivity contribution in [3.63, 3.8) is 0 Å². The standard InChI is InChI=1S/C16H28N4S/c1-6-7-17-13-10-14(19-15(18-13)16(3,4)5)20-8-9-21-12(2)11-20/h10,12H,6-9,11H2,1-5H3,(H,17,18,19). The fourth-order valence-electron chi connectivity index (χ4n) is 2.30. The Morgan fingerprint density at radius 3 is 2.76 bits per heavy atom. The van der Waals surface area contributed by atoms with E-state index in [1.165, 1.54) is 5.75 Å². The monoisotopic (exact) mass is 308 g/mol. The van der Waals surface area contributed by atoms with E-state index in [2.05, 4.69) is 50.9 Å². The Morgan fingerprint density at radius 2 is 2.14 bits per heavy atom. The molecule has 1 saturated heterocycles. The topological polar surface area (TPSA) is 41.0 Å². The first-order valence-corrected chi connectivity index (χ1v) is 8.95. The second-order valence-corrected chi connectivity index (χ2v) is 8.29. The van der Waals surface area contributed by atoms with E-state index in [0.717, 1.165) is 43.5 Å². The van der Waals surface area contributed by atoms with Crippen molar-refractivity contribution < 1.29 is 0 Å². The van der Waals surface area contributed by atoms with Gasteiger partial charge in [0.15, 0.2) is 0 Å². The van der Waals surface area contributed by atoms with E-state index < -0.39 is 0 Å². The molecule has 0 amide bonds. The van der Waals surface area contributed by atoms with Gasteiger partial charge in [0, 0.05) is 42.1 Å². The number of nitrogens with one attached hydrogen (secondary N) is 1.